The number of rotatable bonds is 10. The maximum Gasteiger partial charge on any atom is 0.228 e. The fourth-order valence-corrected chi connectivity index (χ4v) is 5.17. The molecule has 9 heteroatoms. The second-order valence-corrected chi connectivity index (χ2v) is 9.58. The third-order valence-electron chi connectivity index (χ3n) is 5.46. The maximum atomic E-state index is 13.0. The van der Waals surface area contributed by atoms with Gasteiger partial charge in [0.05, 0.1) is 19.2 Å². The van der Waals surface area contributed by atoms with Gasteiger partial charge in [-0.3, -0.25) is 14.5 Å². The zero-order valence-electron chi connectivity index (χ0n) is 18.8. The van der Waals surface area contributed by atoms with Crippen LogP contribution >= 0.6 is 22.7 Å². The van der Waals surface area contributed by atoms with Crippen LogP contribution in [0.2, 0.25) is 0 Å². The molecule has 0 aliphatic carbocycles. The standard InChI is InChI=1S/C24H27N3O4S2/c1-3-26(23(29)13-18-16-33-24(25-18)27-10-4-7-22(27)28)14-17-8-9-20(21(12-17)30-2)31-15-19-6-5-11-32-19/h5-6,8-9,11-12,16H,3-4,7,10,13-15H2,1-2H3. The summed E-state index contributed by atoms with van der Waals surface area (Å²) in [5, 5.41) is 4.58. The minimum atomic E-state index is -0.000845. The lowest BCUT2D eigenvalue weighted by Crippen LogP contribution is -2.31. The van der Waals surface area contributed by atoms with Crippen LogP contribution in [0.1, 0.15) is 35.9 Å². The monoisotopic (exact) mass is 485 g/mol. The summed E-state index contributed by atoms with van der Waals surface area (Å²) in [5.41, 5.74) is 1.67. The molecule has 3 heterocycles. The van der Waals surface area contributed by atoms with Crippen LogP contribution in [-0.4, -0.2) is 41.9 Å². The third-order valence-corrected chi connectivity index (χ3v) is 7.22. The number of likely N-dealkylation sites (N-methyl/N-ethyl adjacent to an activating group) is 1. The molecule has 33 heavy (non-hydrogen) atoms. The van der Waals surface area contributed by atoms with Crippen molar-refractivity contribution in [2.75, 3.05) is 25.1 Å². The molecule has 7 nitrogen and oxygen atoms in total. The van der Waals surface area contributed by atoms with Gasteiger partial charge in [0.1, 0.15) is 6.61 Å². The van der Waals surface area contributed by atoms with E-state index in [9.17, 15) is 9.59 Å². The molecule has 2 aromatic heterocycles. The van der Waals surface area contributed by atoms with Gasteiger partial charge in [-0.25, -0.2) is 4.98 Å². The lowest BCUT2D eigenvalue weighted by atomic mass is 10.1. The van der Waals surface area contributed by atoms with Crippen LogP contribution in [-0.2, 0) is 29.2 Å². The molecule has 1 aliphatic heterocycles. The molecule has 0 atom stereocenters. The molecule has 0 spiro atoms. The predicted molar refractivity (Wildman–Crippen MR) is 130 cm³/mol. The van der Waals surface area contributed by atoms with Crippen molar-refractivity contribution in [2.45, 2.75) is 39.3 Å². The van der Waals surface area contributed by atoms with Crippen molar-refractivity contribution in [1.82, 2.24) is 9.88 Å². The van der Waals surface area contributed by atoms with Crippen LogP contribution in [0.15, 0.2) is 41.1 Å². The van der Waals surface area contributed by atoms with Crippen molar-refractivity contribution in [3.63, 3.8) is 0 Å². The summed E-state index contributed by atoms with van der Waals surface area (Å²) in [4.78, 5) is 34.1. The fraction of sp³-hybridized carbons (Fsp3) is 0.375. The average Bonchev–Trinajstić information content (AvgIpc) is 3.58. The number of benzene rings is 1. The number of nitrogens with zero attached hydrogens (tertiary/aromatic N) is 3. The summed E-state index contributed by atoms with van der Waals surface area (Å²) >= 11 is 3.07. The number of carbonyl (C=O) groups excluding carboxylic acids is 2. The van der Waals surface area contributed by atoms with Crippen molar-refractivity contribution in [2.24, 2.45) is 0 Å². The largest absolute Gasteiger partial charge is 0.493 e. The first kappa shape index (κ1) is 23.3. The highest BCUT2D eigenvalue weighted by molar-refractivity contribution is 7.14. The van der Waals surface area contributed by atoms with Gasteiger partial charge in [0.15, 0.2) is 16.6 Å². The fourth-order valence-electron chi connectivity index (χ4n) is 3.69. The average molecular weight is 486 g/mol. The van der Waals surface area contributed by atoms with Gasteiger partial charge in [0.2, 0.25) is 11.8 Å². The van der Waals surface area contributed by atoms with Crippen molar-refractivity contribution in [3.8, 4) is 11.5 Å². The van der Waals surface area contributed by atoms with Crippen LogP contribution in [0.4, 0.5) is 5.13 Å². The Morgan fingerprint density at radius 1 is 1.24 bits per heavy atom. The molecular weight excluding hydrogens is 458 g/mol. The van der Waals surface area contributed by atoms with Gasteiger partial charge in [-0.15, -0.1) is 22.7 Å². The van der Waals surface area contributed by atoms with Gasteiger partial charge in [-0.1, -0.05) is 12.1 Å². The zero-order chi connectivity index (χ0) is 23.2. The molecule has 1 aliphatic rings. The summed E-state index contributed by atoms with van der Waals surface area (Å²) in [6.45, 7) is 4.21. The SMILES string of the molecule is CCN(Cc1ccc(OCc2cccs2)c(OC)c1)C(=O)Cc1csc(N2CCCC2=O)n1. The number of amides is 2. The maximum absolute atomic E-state index is 13.0. The molecule has 0 N–H and O–H groups in total. The summed E-state index contributed by atoms with van der Waals surface area (Å²) < 4.78 is 11.4. The van der Waals surface area contributed by atoms with E-state index in [2.05, 4.69) is 4.98 Å². The number of hydrogen-bond acceptors (Lipinski definition) is 7. The first-order valence-electron chi connectivity index (χ1n) is 10.9. The first-order valence-corrected chi connectivity index (χ1v) is 12.7. The van der Waals surface area contributed by atoms with Gasteiger partial charge in [-0.2, -0.15) is 0 Å². The quantitative estimate of drug-likeness (QED) is 0.423. The predicted octanol–water partition coefficient (Wildman–Crippen LogP) is 4.51. The summed E-state index contributed by atoms with van der Waals surface area (Å²) in [5.74, 6) is 1.43. The summed E-state index contributed by atoms with van der Waals surface area (Å²) in [7, 11) is 1.62. The van der Waals surface area contributed by atoms with Crippen LogP contribution in [0.3, 0.4) is 0 Å². The van der Waals surface area contributed by atoms with Gasteiger partial charge >= 0.3 is 0 Å². The molecule has 1 aromatic carbocycles. The van der Waals surface area contributed by atoms with E-state index >= 15 is 0 Å². The van der Waals surface area contributed by atoms with Crippen LogP contribution in [0.25, 0.3) is 0 Å². The van der Waals surface area contributed by atoms with Crippen LogP contribution < -0.4 is 14.4 Å². The Bertz CT molecular complexity index is 1100. The molecule has 0 saturated carbocycles. The second kappa shape index (κ2) is 10.8. The third kappa shape index (κ3) is 5.72. The zero-order valence-corrected chi connectivity index (χ0v) is 20.4. The molecule has 4 rings (SSSR count). The highest BCUT2D eigenvalue weighted by Gasteiger charge is 2.25. The van der Waals surface area contributed by atoms with E-state index in [4.69, 9.17) is 9.47 Å². The molecular formula is C24H27N3O4S2. The van der Waals surface area contributed by atoms with Gasteiger partial charge in [0.25, 0.3) is 0 Å². The molecule has 1 saturated heterocycles. The molecule has 3 aromatic rings. The van der Waals surface area contributed by atoms with Gasteiger partial charge in [0, 0.05) is 36.3 Å². The number of carbonyl (C=O) groups is 2. The Balaban J connectivity index is 1.38. The van der Waals surface area contributed by atoms with Crippen molar-refractivity contribution < 1.29 is 19.1 Å². The molecule has 0 bridgehead atoms. The smallest absolute Gasteiger partial charge is 0.228 e. The summed E-state index contributed by atoms with van der Waals surface area (Å²) in [6, 6.07) is 9.80. The highest BCUT2D eigenvalue weighted by atomic mass is 32.1. The number of anilines is 1. The van der Waals surface area contributed by atoms with Crippen LogP contribution in [0, 0.1) is 0 Å². The van der Waals surface area contributed by atoms with E-state index in [1.54, 1.807) is 28.2 Å². The van der Waals surface area contributed by atoms with E-state index in [1.165, 1.54) is 11.3 Å². The van der Waals surface area contributed by atoms with E-state index in [0.717, 1.165) is 16.9 Å². The van der Waals surface area contributed by atoms with Gasteiger partial charge < -0.3 is 14.4 Å². The van der Waals surface area contributed by atoms with Crippen molar-refractivity contribution in [3.05, 3.63) is 57.2 Å². The van der Waals surface area contributed by atoms with E-state index in [0.29, 0.717) is 55.0 Å². The second-order valence-electron chi connectivity index (χ2n) is 7.71. The molecule has 0 radical (unpaired) electrons. The lowest BCUT2D eigenvalue weighted by molar-refractivity contribution is -0.130. The lowest BCUT2D eigenvalue weighted by Gasteiger charge is -2.21. The van der Waals surface area contributed by atoms with E-state index < -0.39 is 0 Å². The normalized spacial score (nSPS) is 13.4. The molecule has 2 amide bonds. The molecule has 0 unspecified atom stereocenters. The summed E-state index contributed by atoms with van der Waals surface area (Å²) in [6.07, 6.45) is 1.64. The number of hydrogen-bond donors (Lipinski definition) is 0. The Morgan fingerprint density at radius 2 is 2.12 bits per heavy atom. The van der Waals surface area contributed by atoms with Crippen molar-refractivity contribution >= 4 is 39.6 Å². The minimum Gasteiger partial charge on any atom is -0.493 e. The Hall–Kier alpha value is -2.91. The molecule has 1 fully saturated rings. The minimum absolute atomic E-state index is 0.000845. The molecule has 174 valence electrons. The van der Waals surface area contributed by atoms with Gasteiger partial charge in [-0.05, 0) is 42.5 Å². The highest BCUT2D eigenvalue weighted by Crippen LogP contribution is 2.30. The number of thiazole rings is 1. The number of thiophene rings is 1. The van der Waals surface area contributed by atoms with E-state index in [1.807, 2.05) is 48.0 Å². The Labute approximate surface area is 201 Å². The van der Waals surface area contributed by atoms with Crippen LogP contribution in [0.5, 0.6) is 11.5 Å². The first-order chi connectivity index (χ1) is 16.1. The van der Waals surface area contributed by atoms with Crippen molar-refractivity contribution in [1.29, 1.82) is 0 Å². The number of aromatic nitrogens is 1. The Morgan fingerprint density at radius 3 is 2.82 bits per heavy atom. The topological polar surface area (TPSA) is 72.0 Å². The number of methoxy groups -OCH3 is 1. The Kier molecular flexibility index (Phi) is 7.61. The number of ether oxygens (including phenoxy) is 2. The van der Waals surface area contributed by atoms with E-state index in [-0.39, 0.29) is 18.2 Å².